The van der Waals surface area contributed by atoms with Crippen LogP contribution in [0.2, 0.25) is 0 Å². The Morgan fingerprint density at radius 2 is 1.62 bits per heavy atom. The van der Waals surface area contributed by atoms with Gasteiger partial charge in [0.25, 0.3) is 5.91 Å². The highest BCUT2D eigenvalue weighted by Crippen LogP contribution is 2.22. The zero-order valence-corrected chi connectivity index (χ0v) is 16.1. The molecule has 4 rings (SSSR count). The number of rotatable bonds is 5. The zero-order chi connectivity index (χ0) is 20.1. The molecule has 1 aliphatic rings. The summed E-state index contributed by atoms with van der Waals surface area (Å²) in [4.78, 5) is 36.1. The first-order valence-corrected chi connectivity index (χ1v) is 9.69. The van der Waals surface area contributed by atoms with Gasteiger partial charge in [-0.15, -0.1) is 0 Å². The van der Waals surface area contributed by atoms with Crippen molar-refractivity contribution in [1.29, 1.82) is 0 Å². The second-order valence-corrected chi connectivity index (χ2v) is 6.98. The normalized spacial score (nSPS) is 13.9. The van der Waals surface area contributed by atoms with E-state index >= 15 is 0 Å². The van der Waals surface area contributed by atoms with E-state index in [0.29, 0.717) is 31.0 Å². The summed E-state index contributed by atoms with van der Waals surface area (Å²) in [5, 5.41) is 0. The molecule has 0 unspecified atom stereocenters. The predicted molar refractivity (Wildman–Crippen MR) is 112 cm³/mol. The number of hydrogen-bond acceptors (Lipinski definition) is 5. The molecule has 1 fully saturated rings. The Labute approximate surface area is 169 Å². The van der Waals surface area contributed by atoms with Crippen molar-refractivity contribution in [2.24, 2.45) is 0 Å². The Balaban J connectivity index is 1.41. The fraction of sp³-hybridized carbons (Fsp3) is 0.217. The molecular formula is C23H22N4O2. The van der Waals surface area contributed by atoms with E-state index in [4.69, 9.17) is 0 Å². The van der Waals surface area contributed by atoms with Crippen molar-refractivity contribution in [2.45, 2.75) is 6.42 Å². The molecule has 6 nitrogen and oxygen atoms in total. The minimum Gasteiger partial charge on any atom is -0.337 e. The predicted octanol–water partition coefficient (Wildman–Crippen LogP) is 2.85. The largest absolute Gasteiger partial charge is 0.337 e. The van der Waals surface area contributed by atoms with E-state index in [1.807, 2.05) is 53.4 Å². The molecule has 1 amide bonds. The lowest BCUT2D eigenvalue weighted by Crippen LogP contribution is -2.49. The van der Waals surface area contributed by atoms with E-state index in [1.54, 1.807) is 18.5 Å². The lowest BCUT2D eigenvalue weighted by atomic mass is 10.0. The van der Waals surface area contributed by atoms with Gasteiger partial charge in [-0.05, 0) is 34.9 Å². The van der Waals surface area contributed by atoms with Crippen LogP contribution in [-0.2, 0) is 11.2 Å². The molecule has 0 bridgehead atoms. The Bertz CT molecular complexity index is 981. The molecule has 6 heteroatoms. The Morgan fingerprint density at radius 1 is 0.897 bits per heavy atom. The number of benzene rings is 2. The van der Waals surface area contributed by atoms with E-state index in [-0.39, 0.29) is 5.91 Å². The Kier molecular flexibility index (Phi) is 5.61. The van der Waals surface area contributed by atoms with E-state index in [9.17, 15) is 9.59 Å². The van der Waals surface area contributed by atoms with Gasteiger partial charge in [-0.2, -0.15) is 0 Å². The van der Waals surface area contributed by atoms with Crippen molar-refractivity contribution in [3.8, 4) is 11.1 Å². The summed E-state index contributed by atoms with van der Waals surface area (Å²) in [6.07, 6.45) is 4.78. The average Bonchev–Trinajstić information content (AvgIpc) is 2.80. The summed E-state index contributed by atoms with van der Waals surface area (Å²) >= 11 is 0. The van der Waals surface area contributed by atoms with Crippen molar-refractivity contribution in [1.82, 2.24) is 14.9 Å². The molecule has 0 aliphatic carbocycles. The Morgan fingerprint density at radius 3 is 2.31 bits per heavy atom. The van der Waals surface area contributed by atoms with Gasteiger partial charge in [0.2, 0.25) is 5.95 Å². The molecule has 0 spiro atoms. The maximum absolute atomic E-state index is 12.9. The number of aromatic nitrogens is 2. The molecule has 1 aliphatic heterocycles. The van der Waals surface area contributed by atoms with Gasteiger partial charge >= 0.3 is 0 Å². The first-order chi connectivity index (χ1) is 14.2. The molecule has 3 aromatic rings. The Hall–Kier alpha value is -3.54. The molecule has 2 heterocycles. The van der Waals surface area contributed by atoms with Crippen molar-refractivity contribution >= 4 is 18.1 Å². The van der Waals surface area contributed by atoms with E-state index in [1.165, 1.54) is 0 Å². The van der Waals surface area contributed by atoms with Crippen LogP contribution >= 0.6 is 0 Å². The highest BCUT2D eigenvalue weighted by atomic mass is 16.2. The summed E-state index contributed by atoms with van der Waals surface area (Å²) in [6, 6.07) is 17.4. The third-order valence-electron chi connectivity index (χ3n) is 5.11. The first kappa shape index (κ1) is 18.8. The fourth-order valence-electron chi connectivity index (χ4n) is 3.53. The first-order valence-electron chi connectivity index (χ1n) is 9.69. The minimum atomic E-state index is 0.0416. The second-order valence-electron chi connectivity index (χ2n) is 6.98. The van der Waals surface area contributed by atoms with Gasteiger partial charge in [-0.1, -0.05) is 36.4 Å². The van der Waals surface area contributed by atoms with Gasteiger partial charge < -0.3 is 14.6 Å². The summed E-state index contributed by atoms with van der Waals surface area (Å²) in [5.41, 5.74) is 3.74. The van der Waals surface area contributed by atoms with Crippen LogP contribution in [0.4, 0.5) is 5.95 Å². The highest BCUT2D eigenvalue weighted by Gasteiger charge is 2.23. The number of anilines is 1. The maximum atomic E-state index is 12.9. The quantitative estimate of drug-likeness (QED) is 0.631. The van der Waals surface area contributed by atoms with Gasteiger partial charge in [0.1, 0.15) is 6.29 Å². The van der Waals surface area contributed by atoms with E-state index in [2.05, 4.69) is 14.9 Å². The number of carbonyl (C=O) groups is 2. The topological polar surface area (TPSA) is 66.4 Å². The van der Waals surface area contributed by atoms with Crippen LogP contribution in [0.15, 0.2) is 67.0 Å². The number of nitrogens with zero attached hydrogens (tertiary/aromatic N) is 4. The molecular weight excluding hydrogens is 364 g/mol. The SMILES string of the molecule is O=CCc1cccc(-c2ccc(C(=O)N3CCN(c4ncccn4)CC3)cc2)c1. The third-order valence-corrected chi connectivity index (χ3v) is 5.11. The van der Waals surface area contributed by atoms with Gasteiger partial charge in [-0.25, -0.2) is 9.97 Å². The minimum absolute atomic E-state index is 0.0416. The number of piperazine rings is 1. The second kappa shape index (κ2) is 8.65. The molecule has 1 aromatic heterocycles. The molecule has 29 heavy (non-hydrogen) atoms. The fourth-order valence-corrected chi connectivity index (χ4v) is 3.53. The van der Waals surface area contributed by atoms with Crippen LogP contribution in [0, 0.1) is 0 Å². The van der Waals surface area contributed by atoms with Crippen molar-refractivity contribution in [3.05, 3.63) is 78.1 Å². The molecule has 0 N–H and O–H groups in total. The van der Waals surface area contributed by atoms with Crippen molar-refractivity contribution < 1.29 is 9.59 Å². The number of amides is 1. The van der Waals surface area contributed by atoms with Gasteiger partial charge in [0.05, 0.1) is 0 Å². The molecule has 1 saturated heterocycles. The molecule has 0 radical (unpaired) electrons. The summed E-state index contributed by atoms with van der Waals surface area (Å²) in [5.74, 6) is 0.751. The van der Waals surface area contributed by atoms with Crippen LogP contribution in [0.25, 0.3) is 11.1 Å². The van der Waals surface area contributed by atoms with Crippen molar-refractivity contribution in [3.63, 3.8) is 0 Å². The lowest BCUT2D eigenvalue weighted by molar-refractivity contribution is -0.107. The van der Waals surface area contributed by atoms with Crippen molar-refractivity contribution in [2.75, 3.05) is 31.1 Å². The average molecular weight is 386 g/mol. The smallest absolute Gasteiger partial charge is 0.253 e. The van der Waals surface area contributed by atoms with Gasteiger partial charge in [0, 0.05) is 50.6 Å². The standard InChI is InChI=1S/C23H22N4O2/c28-16-9-18-3-1-4-21(17-18)19-5-7-20(8-6-19)22(29)26-12-14-27(15-13-26)23-24-10-2-11-25-23/h1-8,10-11,16-17H,9,12-15H2. The summed E-state index contributed by atoms with van der Waals surface area (Å²) in [7, 11) is 0. The molecule has 146 valence electrons. The van der Waals surface area contributed by atoms with Crippen LogP contribution in [0.3, 0.4) is 0 Å². The monoisotopic (exact) mass is 386 g/mol. The van der Waals surface area contributed by atoms with E-state index in [0.717, 1.165) is 36.1 Å². The van der Waals surface area contributed by atoms with E-state index < -0.39 is 0 Å². The third kappa shape index (κ3) is 4.32. The highest BCUT2D eigenvalue weighted by molar-refractivity contribution is 5.95. The van der Waals surface area contributed by atoms with Crippen LogP contribution in [0.1, 0.15) is 15.9 Å². The number of carbonyl (C=O) groups excluding carboxylic acids is 2. The number of aldehydes is 1. The molecule has 0 saturated carbocycles. The van der Waals surface area contributed by atoms with Crippen LogP contribution in [-0.4, -0.2) is 53.2 Å². The summed E-state index contributed by atoms with van der Waals surface area (Å²) < 4.78 is 0. The maximum Gasteiger partial charge on any atom is 0.253 e. The van der Waals surface area contributed by atoms with Gasteiger partial charge in [0.15, 0.2) is 0 Å². The summed E-state index contributed by atoms with van der Waals surface area (Å²) in [6.45, 7) is 2.73. The molecule has 0 atom stereocenters. The molecule has 2 aromatic carbocycles. The zero-order valence-electron chi connectivity index (χ0n) is 16.1. The number of hydrogen-bond donors (Lipinski definition) is 0. The van der Waals surface area contributed by atoms with Gasteiger partial charge in [-0.3, -0.25) is 4.79 Å². The van der Waals surface area contributed by atoms with Crippen LogP contribution in [0.5, 0.6) is 0 Å². The lowest BCUT2D eigenvalue weighted by Gasteiger charge is -2.34. The van der Waals surface area contributed by atoms with Crippen LogP contribution < -0.4 is 4.90 Å².